The number of Topliss-reactive ketones (excluding diaryl/α,β-unsaturated/α-hetero) is 2. The number of ketones is 2. The number of nitrogens with one attached hydrogen (secondary N) is 1. The highest BCUT2D eigenvalue weighted by atomic mass is 32.2. The van der Waals surface area contributed by atoms with Gasteiger partial charge in [0.15, 0.2) is 50.1 Å². The number of ether oxygens (including phenoxy) is 4. The van der Waals surface area contributed by atoms with E-state index < -0.39 is 67.0 Å². The number of pyridine rings is 2. The predicted octanol–water partition coefficient (Wildman–Crippen LogP) is 13.2. The van der Waals surface area contributed by atoms with E-state index >= 15 is 0 Å². The minimum absolute atomic E-state index is 0.00909. The first-order valence-corrected chi connectivity index (χ1v) is 33.6. The fraction of sp³-hybridized carbons (Fsp3) is 0.229. The number of hydrogen-bond acceptors (Lipinski definition) is 17. The third-order valence-electron chi connectivity index (χ3n) is 16.2. The fourth-order valence-electron chi connectivity index (χ4n) is 10.7. The Kier molecular flexibility index (Phi) is 20.7. The Balaban J connectivity index is 0.000000194. The molecular formula is C70H64F4N6O15S2. The Hall–Kier alpha value is -10.3. The second-order valence-corrected chi connectivity index (χ2v) is 26.6. The summed E-state index contributed by atoms with van der Waals surface area (Å²) in [6.45, 7) is 6.36. The molecule has 0 radical (unpaired) electrons. The van der Waals surface area contributed by atoms with Crippen molar-refractivity contribution in [1.82, 2.24) is 20.2 Å². The van der Waals surface area contributed by atoms with Gasteiger partial charge in [-0.15, -0.1) is 0 Å². The van der Waals surface area contributed by atoms with Crippen LogP contribution in [-0.4, -0.2) is 121 Å². The molecule has 6 heterocycles. The van der Waals surface area contributed by atoms with Crippen molar-refractivity contribution in [2.75, 3.05) is 69.4 Å². The average molecular weight is 1370 g/mol. The van der Waals surface area contributed by atoms with Crippen LogP contribution in [0.2, 0.25) is 0 Å². The summed E-state index contributed by atoms with van der Waals surface area (Å²) in [6.07, 6.45) is 2.16. The predicted molar refractivity (Wildman–Crippen MR) is 354 cm³/mol. The zero-order chi connectivity index (χ0) is 69.8. The second-order valence-electron chi connectivity index (χ2n) is 22.6. The van der Waals surface area contributed by atoms with E-state index in [0.717, 1.165) is 26.7 Å². The zero-order valence-electron chi connectivity index (χ0n) is 53.5. The summed E-state index contributed by atoms with van der Waals surface area (Å²) >= 11 is 0. The highest BCUT2D eigenvalue weighted by Crippen LogP contribution is 2.45. The Morgan fingerprint density at radius 2 is 1.05 bits per heavy atom. The van der Waals surface area contributed by atoms with E-state index in [0.29, 0.717) is 53.4 Å². The number of aromatic nitrogens is 2. The molecule has 12 rings (SSSR count). The molecule has 4 aromatic heterocycles. The largest absolute Gasteiger partial charge is 0.506 e. The standard InChI is InChI=1S/C34H29F2N3O6S.C33H29F2N3O6S.C3H6O3/c1-5-28(40)31-25-16-24(27(38(3)46(4,42)43)17-30(25)45-33(31)21-8-12-23(36)13-9-21)26-14-15-29-32(37-26)34(41)39(18-44-29)19(2)20-6-10-22(35)11-7-20;1-18(19-5-9-21(34)10-6-19)15-28(40)31-27(39)14-13-25(37-31)23-16-24-29(17-26(23)38(3)45(4,42)43)44-32(30(24)33(41)36-2)20-7-11-22(35)12-8-20;1-4-2-6-3-5-1/h6-17,19H,5,18H2,1-4H3;5-14,16-18,39H,15H2,1-4H3,(H,36,41);1-3H2/t19-;18-;/m10./s1. The number of anilines is 2. The quantitative estimate of drug-likeness (QED) is 0.0633. The van der Waals surface area contributed by atoms with Crippen molar-refractivity contribution >= 4 is 76.7 Å². The molecule has 504 valence electrons. The van der Waals surface area contributed by atoms with E-state index in [1.807, 2.05) is 0 Å². The van der Waals surface area contributed by atoms with Gasteiger partial charge in [0.2, 0.25) is 20.0 Å². The Morgan fingerprint density at radius 1 is 0.608 bits per heavy atom. The molecule has 0 saturated carbocycles. The molecule has 1 fully saturated rings. The lowest BCUT2D eigenvalue weighted by molar-refractivity contribution is -0.247. The molecule has 2 N–H and O–H groups in total. The van der Waals surface area contributed by atoms with E-state index in [9.17, 15) is 58.7 Å². The summed E-state index contributed by atoms with van der Waals surface area (Å²) in [7, 11) is -3.46. The lowest BCUT2D eigenvalue weighted by Crippen LogP contribution is -2.41. The number of carbonyl (C=O) groups is 4. The molecule has 6 aromatic carbocycles. The summed E-state index contributed by atoms with van der Waals surface area (Å²) in [5.74, 6) is -3.48. The highest BCUT2D eigenvalue weighted by Gasteiger charge is 2.34. The Morgan fingerprint density at radius 3 is 1.52 bits per heavy atom. The lowest BCUT2D eigenvalue weighted by atomic mass is 9.94. The molecule has 2 amide bonds. The van der Waals surface area contributed by atoms with Crippen molar-refractivity contribution in [2.45, 2.75) is 45.6 Å². The van der Waals surface area contributed by atoms with Gasteiger partial charge in [0.25, 0.3) is 11.8 Å². The molecule has 0 spiro atoms. The van der Waals surface area contributed by atoms with E-state index in [4.69, 9.17) is 13.6 Å². The molecule has 21 nitrogen and oxygen atoms in total. The van der Waals surface area contributed by atoms with Gasteiger partial charge in [-0.1, -0.05) is 38.1 Å². The summed E-state index contributed by atoms with van der Waals surface area (Å²) in [5, 5.41) is 13.9. The van der Waals surface area contributed by atoms with Crippen molar-refractivity contribution in [3.63, 3.8) is 0 Å². The molecule has 0 unspecified atom stereocenters. The minimum atomic E-state index is -3.82. The van der Waals surface area contributed by atoms with Crippen molar-refractivity contribution in [2.24, 2.45) is 0 Å². The fourth-order valence-corrected chi connectivity index (χ4v) is 11.8. The highest BCUT2D eigenvalue weighted by molar-refractivity contribution is 7.92. The van der Waals surface area contributed by atoms with Gasteiger partial charge in [-0.2, -0.15) is 0 Å². The number of benzene rings is 6. The maximum atomic E-state index is 13.8. The zero-order valence-corrected chi connectivity index (χ0v) is 55.1. The van der Waals surface area contributed by atoms with E-state index in [1.165, 1.54) is 129 Å². The van der Waals surface area contributed by atoms with Crippen molar-refractivity contribution < 1.29 is 86.5 Å². The molecule has 1 saturated heterocycles. The molecular weight excluding hydrogens is 1300 g/mol. The van der Waals surface area contributed by atoms with Gasteiger partial charge in [0, 0.05) is 79.1 Å². The number of aromatic hydroxyl groups is 1. The first-order valence-electron chi connectivity index (χ1n) is 29.9. The van der Waals surface area contributed by atoms with Gasteiger partial charge in [-0.25, -0.2) is 44.4 Å². The van der Waals surface area contributed by atoms with E-state index in [2.05, 4.69) is 29.5 Å². The third-order valence-corrected chi connectivity index (χ3v) is 18.6. The summed E-state index contributed by atoms with van der Waals surface area (Å²) in [5.41, 5.74) is 4.13. The summed E-state index contributed by atoms with van der Waals surface area (Å²) in [4.78, 5) is 64.1. The maximum absolute atomic E-state index is 13.8. The first-order chi connectivity index (χ1) is 46.1. The van der Waals surface area contributed by atoms with E-state index in [1.54, 1.807) is 63.2 Å². The Labute approximate surface area is 554 Å². The minimum Gasteiger partial charge on any atom is -0.506 e. The molecule has 0 aliphatic carbocycles. The van der Waals surface area contributed by atoms with Crippen LogP contribution >= 0.6 is 0 Å². The van der Waals surface area contributed by atoms with Crippen molar-refractivity contribution in [3.05, 3.63) is 203 Å². The number of halogens is 4. The first kappa shape index (κ1) is 69.5. The number of fused-ring (bicyclic) bond motifs is 3. The van der Waals surface area contributed by atoms with Crippen LogP contribution in [0.3, 0.4) is 0 Å². The lowest BCUT2D eigenvalue weighted by Gasteiger charge is -2.33. The average Bonchev–Trinajstić information content (AvgIpc) is 1.67. The molecule has 27 heteroatoms. The smallest absolute Gasteiger partial charge is 0.279 e. The monoisotopic (exact) mass is 1370 g/mol. The van der Waals surface area contributed by atoms with Gasteiger partial charge in [-0.05, 0) is 133 Å². The summed E-state index contributed by atoms with van der Waals surface area (Å²) in [6, 6.07) is 34.0. The number of nitrogens with zero attached hydrogens (tertiary/aromatic N) is 5. The topological polar surface area (TPSA) is 268 Å². The normalized spacial score (nSPS) is 13.7. The third kappa shape index (κ3) is 15.2. The number of furan rings is 2. The summed E-state index contributed by atoms with van der Waals surface area (Å²) < 4.78 is 139. The van der Waals surface area contributed by atoms with Crippen LogP contribution in [0.5, 0.6) is 11.5 Å². The maximum Gasteiger partial charge on any atom is 0.279 e. The van der Waals surface area contributed by atoms with Crippen LogP contribution in [0.15, 0.2) is 154 Å². The number of rotatable bonds is 17. The van der Waals surface area contributed by atoms with Gasteiger partial charge >= 0.3 is 0 Å². The van der Waals surface area contributed by atoms with Gasteiger partial charge in [-0.3, -0.25) is 32.7 Å². The SMILES string of the molecule is C1OCOCO1.CCC(=O)c1c(-c2ccc(F)cc2)oc2cc(N(C)S(C)(=O)=O)c(-c3ccc4c(n3)C(=O)N([C@H](C)c3ccc(F)cc3)CO4)cc12.CNC(=O)c1c(-c2ccc(F)cc2)oc2cc(N(C)S(C)(=O)=O)c(-c3ccc(O)c(C(=O)C[C@H](C)c4ccc(F)cc4)n3)cc12. The van der Waals surface area contributed by atoms with Gasteiger partial charge < -0.3 is 38.2 Å². The van der Waals surface area contributed by atoms with Gasteiger partial charge in [0.05, 0.1) is 52.4 Å². The number of carbonyl (C=O) groups excluding carboxylic acids is 4. The molecule has 0 bridgehead atoms. The molecule has 2 atom stereocenters. The van der Waals surface area contributed by atoms with Crippen molar-refractivity contribution in [3.8, 4) is 56.7 Å². The van der Waals surface area contributed by atoms with Crippen LogP contribution in [-0.2, 0) is 34.3 Å². The number of amides is 2. The number of hydrogen-bond donors (Lipinski definition) is 2. The molecule has 2 aliphatic heterocycles. The number of sulfonamides is 2. The van der Waals surface area contributed by atoms with Crippen LogP contribution in [0, 0.1) is 23.3 Å². The molecule has 2 aliphatic rings. The second kappa shape index (κ2) is 28.9. The van der Waals surface area contributed by atoms with Crippen LogP contribution in [0.1, 0.15) is 98.4 Å². The van der Waals surface area contributed by atoms with Crippen molar-refractivity contribution in [1.29, 1.82) is 0 Å². The van der Waals surface area contributed by atoms with Crippen LogP contribution < -0.4 is 18.7 Å². The Bertz CT molecular complexity index is 4870. The van der Waals surface area contributed by atoms with Crippen LogP contribution in [0.25, 0.3) is 67.1 Å². The molecule has 97 heavy (non-hydrogen) atoms. The molecule has 10 aromatic rings. The van der Waals surface area contributed by atoms with E-state index in [-0.39, 0.29) is 116 Å². The van der Waals surface area contributed by atoms with Crippen LogP contribution in [0.4, 0.5) is 28.9 Å². The van der Waals surface area contributed by atoms with Gasteiger partial charge in [0.1, 0.15) is 57.4 Å².